The molecule has 1 aliphatic heterocycles. The van der Waals surface area contributed by atoms with Crippen LogP contribution in [-0.2, 0) is 10.0 Å². The molecule has 21 heavy (non-hydrogen) atoms. The number of pyridine rings is 1. The van der Waals surface area contributed by atoms with E-state index in [-0.39, 0.29) is 16.2 Å². The molecule has 1 aromatic heterocycles. The summed E-state index contributed by atoms with van der Waals surface area (Å²) in [7, 11) is 2.26. The van der Waals surface area contributed by atoms with Gasteiger partial charge in [0.25, 0.3) is 0 Å². The zero-order valence-corrected chi connectivity index (χ0v) is 13.3. The molecule has 0 atom stereocenters. The zero-order chi connectivity index (χ0) is 15.5. The fourth-order valence-electron chi connectivity index (χ4n) is 2.28. The summed E-state index contributed by atoms with van der Waals surface area (Å²) in [5.74, 6) is 0.271. The van der Waals surface area contributed by atoms with Crippen LogP contribution in [0.2, 0.25) is 0 Å². The summed E-state index contributed by atoms with van der Waals surface area (Å²) in [6.45, 7) is 7.73. The molecule has 1 aliphatic rings. The minimum atomic E-state index is -3.54. The largest absolute Gasteiger partial charge is 0.478 e. The monoisotopic (exact) mass is 309 g/mol. The molecule has 6 nitrogen and oxygen atoms in total. The van der Waals surface area contributed by atoms with E-state index >= 15 is 0 Å². The van der Waals surface area contributed by atoms with E-state index in [1.807, 2.05) is 6.92 Å². The van der Waals surface area contributed by atoms with Gasteiger partial charge < -0.3 is 9.64 Å². The first kappa shape index (κ1) is 16.3. The van der Waals surface area contributed by atoms with Crippen molar-refractivity contribution in [3.8, 4) is 5.88 Å². The van der Waals surface area contributed by atoms with Gasteiger partial charge in [-0.05, 0) is 25.0 Å². The average Bonchev–Trinajstić information content (AvgIpc) is 2.49. The fourth-order valence-corrected chi connectivity index (χ4v) is 3.69. The van der Waals surface area contributed by atoms with Crippen LogP contribution < -0.4 is 10.2 Å². The molecule has 8 heteroatoms. The van der Waals surface area contributed by atoms with Crippen LogP contribution >= 0.6 is 0 Å². The Morgan fingerprint density at radius 1 is 1.29 bits per heavy atom. The minimum absolute atomic E-state index is 0.119. The number of piperazine rings is 1. The second-order valence-electron chi connectivity index (χ2n) is 4.84. The standard InChI is InChI=1S/C13H20BN3O3S/c1-3-16-5-7-17(8-6-16)21(18,19)11-9-12(14)13(15-10-11)20-4-2/h9-10H,3-8H2,1-2H3. The molecule has 2 heterocycles. The maximum atomic E-state index is 12.6. The Morgan fingerprint density at radius 2 is 1.95 bits per heavy atom. The van der Waals surface area contributed by atoms with E-state index in [9.17, 15) is 8.42 Å². The Morgan fingerprint density at radius 3 is 2.48 bits per heavy atom. The number of sulfonamides is 1. The van der Waals surface area contributed by atoms with Gasteiger partial charge in [0, 0.05) is 26.2 Å². The third kappa shape index (κ3) is 3.56. The number of rotatable bonds is 5. The summed E-state index contributed by atoms with van der Waals surface area (Å²) in [5, 5.41) is 0. The Balaban J connectivity index is 2.18. The van der Waals surface area contributed by atoms with Crippen molar-refractivity contribution in [2.45, 2.75) is 18.7 Å². The molecule has 1 aromatic rings. The van der Waals surface area contributed by atoms with E-state index in [4.69, 9.17) is 12.6 Å². The Bertz CT molecular complexity index is 586. The first-order chi connectivity index (χ1) is 9.98. The molecule has 0 saturated carbocycles. The lowest BCUT2D eigenvalue weighted by molar-refractivity contribution is 0.196. The summed E-state index contributed by atoms with van der Waals surface area (Å²) < 4.78 is 31.9. The summed E-state index contributed by atoms with van der Waals surface area (Å²) in [4.78, 5) is 6.33. The van der Waals surface area contributed by atoms with Crippen molar-refractivity contribution in [3.63, 3.8) is 0 Å². The zero-order valence-electron chi connectivity index (χ0n) is 12.4. The second-order valence-corrected chi connectivity index (χ2v) is 6.77. The van der Waals surface area contributed by atoms with Gasteiger partial charge in [-0.15, -0.1) is 0 Å². The maximum absolute atomic E-state index is 12.6. The van der Waals surface area contributed by atoms with Crippen molar-refractivity contribution in [2.24, 2.45) is 0 Å². The van der Waals surface area contributed by atoms with Crippen molar-refractivity contribution in [3.05, 3.63) is 12.3 Å². The topological polar surface area (TPSA) is 62.7 Å². The molecule has 2 rings (SSSR count). The highest BCUT2D eigenvalue weighted by molar-refractivity contribution is 7.89. The van der Waals surface area contributed by atoms with Crippen molar-refractivity contribution in [1.82, 2.24) is 14.2 Å². The van der Waals surface area contributed by atoms with Crippen LogP contribution in [0.4, 0.5) is 0 Å². The van der Waals surface area contributed by atoms with Gasteiger partial charge in [0.05, 0.1) is 12.8 Å². The van der Waals surface area contributed by atoms with Gasteiger partial charge in [0.15, 0.2) is 0 Å². The molecule has 0 amide bonds. The Kier molecular flexibility index (Phi) is 5.24. The van der Waals surface area contributed by atoms with Gasteiger partial charge in [-0.1, -0.05) is 6.92 Å². The molecule has 114 valence electrons. The maximum Gasteiger partial charge on any atom is 0.244 e. The van der Waals surface area contributed by atoms with Crippen molar-refractivity contribution < 1.29 is 13.2 Å². The van der Waals surface area contributed by atoms with Crippen LogP contribution in [0.1, 0.15) is 13.8 Å². The smallest absolute Gasteiger partial charge is 0.244 e. The molecular weight excluding hydrogens is 289 g/mol. The molecule has 0 spiro atoms. The number of ether oxygens (including phenoxy) is 1. The highest BCUT2D eigenvalue weighted by Crippen LogP contribution is 2.17. The number of hydrogen-bond acceptors (Lipinski definition) is 5. The van der Waals surface area contributed by atoms with E-state index in [1.165, 1.54) is 16.6 Å². The predicted octanol–water partition coefficient (Wildman–Crippen LogP) is -0.400. The summed E-state index contributed by atoms with van der Waals surface area (Å²) in [5.41, 5.74) is 0.241. The van der Waals surface area contributed by atoms with Gasteiger partial charge >= 0.3 is 0 Å². The number of hydrogen-bond donors (Lipinski definition) is 0. The lowest BCUT2D eigenvalue weighted by Gasteiger charge is -2.33. The van der Waals surface area contributed by atoms with Crippen molar-refractivity contribution >= 4 is 23.3 Å². The number of aromatic nitrogens is 1. The van der Waals surface area contributed by atoms with Gasteiger partial charge in [-0.2, -0.15) is 4.31 Å². The molecule has 0 N–H and O–H groups in total. The van der Waals surface area contributed by atoms with Gasteiger partial charge in [0.1, 0.15) is 12.7 Å². The third-order valence-corrected chi connectivity index (χ3v) is 5.42. The van der Waals surface area contributed by atoms with E-state index in [0.29, 0.717) is 19.7 Å². The van der Waals surface area contributed by atoms with Crippen LogP contribution in [0, 0.1) is 0 Å². The molecular formula is C13H20BN3O3S. The highest BCUT2D eigenvalue weighted by Gasteiger charge is 2.28. The molecule has 0 bridgehead atoms. The Hall–Kier alpha value is -1.12. The van der Waals surface area contributed by atoms with Gasteiger partial charge in [0.2, 0.25) is 15.9 Å². The van der Waals surface area contributed by atoms with Crippen LogP contribution in [0.15, 0.2) is 17.2 Å². The third-order valence-electron chi connectivity index (χ3n) is 3.55. The normalized spacial score (nSPS) is 17.8. The molecule has 0 aliphatic carbocycles. The SMILES string of the molecule is [B]c1cc(S(=O)(=O)N2CCN(CC)CC2)cnc1OCC. The average molecular weight is 309 g/mol. The number of nitrogens with zero attached hydrogens (tertiary/aromatic N) is 3. The number of likely N-dealkylation sites (N-methyl/N-ethyl adjacent to an activating group) is 1. The second kappa shape index (κ2) is 6.76. The highest BCUT2D eigenvalue weighted by atomic mass is 32.2. The van der Waals surface area contributed by atoms with Crippen LogP contribution in [0.5, 0.6) is 5.88 Å². The predicted molar refractivity (Wildman–Crippen MR) is 81.7 cm³/mol. The summed E-state index contributed by atoms with van der Waals surface area (Å²) in [6, 6.07) is 1.42. The van der Waals surface area contributed by atoms with E-state index in [0.717, 1.165) is 19.6 Å². The summed E-state index contributed by atoms with van der Waals surface area (Å²) >= 11 is 0. The first-order valence-corrected chi connectivity index (χ1v) is 8.53. The summed E-state index contributed by atoms with van der Waals surface area (Å²) in [6.07, 6.45) is 1.31. The van der Waals surface area contributed by atoms with Crippen LogP contribution in [-0.4, -0.2) is 69.8 Å². The quantitative estimate of drug-likeness (QED) is 0.693. The first-order valence-electron chi connectivity index (χ1n) is 7.09. The molecule has 0 aromatic carbocycles. The molecule has 2 radical (unpaired) electrons. The van der Waals surface area contributed by atoms with Crippen LogP contribution in [0.3, 0.4) is 0 Å². The molecule has 0 unspecified atom stereocenters. The van der Waals surface area contributed by atoms with E-state index < -0.39 is 10.0 Å². The molecule has 1 saturated heterocycles. The lowest BCUT2D eigenvalue weighted by Crippen LogP contribution is -2.48. The molecule has 1 fully saturated rings. The van der Waals surface area contributed by atoms with Crippen LogP contribution in [0.25, 0.3) is 0 Å². The minimum Gasteiger partial charge on any atom is -0.478 e. The van der Waals surface area contributed by atoms with Gasteiger partial charge in [-0.3, -0.25) is 0 Å². The van der Waals surface area contributed by atoms with E-state index in [2.05, 4.69) is 16.8 Å². The van der Waals surface area contributed by atoms with E-state index in [1.54, 1.807) is 0 Å². The van der Waals surface area contributed by atoms with Crippen molar-refractivity contribution in [2.75, 3.05) is 39.3 Å². The fraction of sp³-hybridized carbons (Fsp3) is 0.615. The van der Waals surface area contributed by atoms with Crippen molar-refractivity contribution in [1.29, 1.82) is 0 Å². The van der Waals surface area contributed by atoms with Gasteiger partial charge in [-0.25, -0.2) is 13.4 Å². The Labute approximate surface area is 127 Å². The lowest BCUT2D eigenvalue weighted by atomic mass is 9.98.